The van der Waals surface area contributed by atoms with E-state index in [2.05, 4.69) is 5.32 Å². The number of rotatable bonds is 9. The van der Waals surface area contributed by atoms with Crippen molar-refractivity contribution >= 4 is 49.2 Å². The summed E-state index contributed by atoms with van der Waals surface area (Å²) in [6.45, 7) is -0.531. The van der Waals surface area contributed by atoms with Crippen molar-refractivity contribution in [1.29, 1.82) is 0 Å². The second-order valence-corrected chi connectivity index (χ2v) is 11.6. The highest BCUT2D eigenvalue weighted by Gasteiger charge is 2.27. The topological polar surface area (TPSA) is 127 Å². The Bertz CT molecular complexity index is 1380. The lowest BCUT2D eigenvalue weighted by Crippen LogP contribution is -2.40. The van der Waals surface area contributed by atoms with Crippen LogP contribution in [0.3, 0.4) is 0 Å². The van der Waals surface area contributed by atoms with Crippen LogP contribution in [0.25, 0.3) is 0 Å². The average molecular weight is 542 g/mol. The largest absolute Gasteiger partial charge is 0.351 e. The predicted octanol–water partition coefficient (Wildman–Crippen LogP) is 3.15. The van der Waals surface area contributed by atoms with Crippen molar-refractivity contribution < 1.29 is 21.6 Å². The molecule has 0 aliphatic carbocycles. The first-order chi connectivity index (χ1) is 16.0. The summed E-state index contributed by atoms with van der Waals surface area (Å²) in [5.41, 5.74) is 1.15. The first-order valence-corrected chi connectivity index (χ1v) is 13.6. The monoisotopic (exact) mass is 541 g/mol. The fourth-order valence-corrected chi connectivity index (χ4v) is 5.22. The summed E-state index contributed by atoms with van der Waals surface area (Å²) in [5.74, 6) is -0.555. The molecule has 180 valence electrons. The van der Waals surface area contributed by atoms with Gasteiger partial charge in [-0.15, -0.1) is 0 Å². The van der Waals surface area contributed by atoms with Crippen molar-refractivity contribution in [1.82, 2.24) is 9.62 Å². The maximum Gasteiger partial charge on any atom is 0.243 e. The number of halogens is 2. The third kappa shape index (κ3) is 6.78. The standard InChI is InChI=1S/C22H21Cl2N3O5S2/c23-18-7-11-20(12-8-18)34(31,32)27(14-17-3-1-2-4-21(17)24)15-22(28)26-13-16-5-9-19(10-6-16)33(25,29)30/h1-12H,13-15H2,(H,26,28)(H2,25,29,30). The minimum atomic E-state index is -4.06. The third-order valence-electron chi connectivity index (χ3n) is 4.82. The zero-order chi connectivity index (χ0) is 24.9. The van der Waals surface area contributed by atoms with Gasteiger partial charge < -0.3 is 5.32 Å². The Morgan fingerprint density at radius 2 is 1.44 bits per heavy atom. The minimum Gasteiger partial charge on any atom is -0.351 e. The molecule has 34 heavy (non-hydrogen) atoms. The zero-order valence-corrected chi connectivity index (χ0v) is 20.8. The number of amides is 1. The number of sulfonamides is 2. The number of nitrogens with zero attached hydrogens (tertiary/aromatic N) is 1. The van der Waals surface area contributed by atoms with Gasteiger partial charge in [-0.3, -0.25) is 4.79 Å². The molecule has 0 aliphatic rings. The highest BCUT2D eigenvalue weighted by atomic mass is 35.5. The van der Waals surface area contributed by atoms with E-state index in [9.17, 15) is 21.6 Å². The van der Waals surface area contributed by atoms with Crippen molar-refractivity contribution in [3.8, 4) is 0 Å². The molecule has 0 unspecified atom stereocenters. The molecule has 0 bridgehead atoms. The number of nitrogens with one attached hydrogen (secondary N) is 1. The summed E-state index contributed by atoms with van der Waals surface area (Å²) >= 11 is 12.1. The quantitative estimate of drug-likeness (QED) is 0.430. The molecule has 0 atom stereocenters. The van der Waals surface area contributed by atoms with Crippen LogP contribution in [0.5, 0.6) is 0 Å². The first kappa shape index (κ1) is 26.1. The van der Waals surface area contributed by atoms with Gasteiger partial charge in [0.25, 0.3) is 0 Å². The number of carbonyl (C=O) groups excluding carboxylic acids is 1. The fourth-order valence-electron chi connectivity index (χ4n) is 3.01. The van der Waals surface area contributed by atoms with E-state index in [-0.39, 0.29) is 22.9 Å². The molecule has 0 fully saturated rings. The van der Waals surface area contributed by atoms with Crippen LogP contribution >= 0.6 is 23.2 Å². The van der Waals surface area contributed by atoms with Crippen LogP contribution in [-0.2, 0) is 37.9 Å². The van der Waals surface area contributed by atoms with E-state index in [4.69, 9.17) is 28.3 Å². The number of hydrogen-bond donors (Lipinski definition) is 2. The molecule has 0 aliphatic heterocycles. The molecule has 12 heteroatoms. The Balaban J connectivity index is 1.78. The van der Waals surface area contributed by atoms with Crippen LogP contribution in [0.4, 0.5) is 0 Å². The third-order valence-corrected chi connectivity index (χ3v) is 8.17. The SMILES string of the molecule is NS(=O)(=O)c1ccc(CNC(=O)CN(Cc2ccccc2Cl)S(=O)(=O)c2ccc(Cl)cc2)cc1. The normalized spacial score (nSPS) is 12.0. The van der Waals surface area contributed by atoms with Gasteiger partial charge in [-0.05, 0) is 53.6 Å². The molecule has 0 radical (unpaired) electrons. The van der Waals surface area contributed by atoms with Crippen molar-refractivity contribution in [3.63, 3.8) is 0 Å². The first-order valence-electron chi connectivity index (χ1n) is 9.84. The van der Waals surface area contributed by atoms with Gasteiger partial charge in [-0.2, -0.15) is 4.31 Å². The van der Waals surface area contributed by atoms with Gasteiger partial charge in [0.2, 0.25) is 26.0 Å². The molecule has 3 aromatic carbocycles. The van der Waals surface area contributed by atoms with Gasteiger partial charge in [-0.1, -0.05) is 53.5 Å². The lowest BCUT2D eigenvalue weighted by atomic mass is 10.2. The van der Waals surface area contributed by atoms with Crippen LogP contribution in [0.1, 0.15) is 11.1 Å². The predicted molar refractivity (Wildman–Crippen MR) is 130 cm³/mol. The van der Waals surface area contributed by atoms with E-state index in [1.165, 1.54) is 48.5 Å². The number of carbonyl (C=O) groups is 1. The lowest BCUT2D eigenvalue weighted by molar-refractivity contribution is -0.121. The molecule has 0 heterocycles. The van der Waals surface area contributed by atoms with Gasteiger partial charge in [0, 0.05) is 23.1 Å². The van der Waals surface area contributed by atoms with E-state index < -0.39 is 32.5 Å². The second-order valence-electron chi connectivity index (χ2n) is 7.28. The van der Waals surface area contributed by atoms with Crippen LogP contribution in [0.2, 0.25) is 10.0 Å². The number of hydrogen-bond acceptors (Lipinski definition) is 5. The van der Waals surface area contributed by atoms with E-state index in [1.807, 2.05) is 0 Å². The van der Waals surface area contributed by atoms with Crippen LogP contribution in [-0.4, -0.2) is 33.6 Å². The zero-order valence-electron chi connectivity index (χ0n) is 17.7. The van der Waals surface area contributed by atoms with Gasteiger partial charge in [0.05, 0.1) is 16.3 Å². The molecule has 0 aromatic heterocycles. The van der Waals surface area contributed by atoms with E-state index in [1.54, 1.807) is 24.3 Å². The summed E-state index contributed by atoms with van der Waals surface area (Å²) in [6, 6.07) is 18.0. The molecule has 0 saturated heterocycles. The Hall–Kier alpha value is -2.47. The van der Waals surface area contributed by atoms with Gasteiger partial charge >= 0.3 is 0 Å². The molecule has 0 spiro atoms. The summed E-state index contributed by atoms with van der Waals surface area (Å²) in [6.07, 6.45) is 0. The average Bonchev–Trinajstić information content (AvgIpc) is 2.78. The number of primary sulfonamides is 1. The summed E-state index contributed by atoms with van der Waals surface area (Å²) < 4.78 is 50.3. The van der Waals surface area contributed by atoms with Crippen molar-refractivity contribution in [2.24, 2.45) is 5.14 Å². The minimum absolute atomic E-state index is 0.0182. The van der Waals surface area contributed by atoms with Gasteiger partial charge in [0.1, 0.15) is 0 Å². The molecule has 8 nitrogen and oxygen atoms in total. The Labute approximate surface area is 208 Å². The van der Waals surface area contributed by atoms with Crippen LogP contribution < -0.4 is 10.5 Å². The van der Waals surface area contributed by atoms with E-state index in [0.29, 0.717) is 21.2 Å². The summed E-state index contributed by atoms with van der Waals surface area (Å²) in [5, 5.41) is 8.47. The van der Waals surface area contributed by atoms with Crippen LogP contribution in [0, 0.1) is 0 Å². The molecule has 1 amide bonds. The number of benzene rings is 3. The van der Waals surface area contributed by atoms with Crippen molar-refractivity contribution in [2.75, 3.05) is 6.54 Å². The smallest absolute Gasteiger partial charge is 0.243 e. The van der Waals surface area contributed by atoms with Crippen LogP contribution in [0.15, 0.2) is 82.6 Å². The lowest BCUT2D eigenvalue weighted by Gasteiger charge is -2.22. The molecule has 3 N–H and O–H groups in total. The van der Waals surface area contributed by atoms with E-state index >= 15 is 0 Å². The molecular weight excluding hydrogens is 521 g/mol. The maximum atomic E-state index is 13.3. The highest BCUT2D eigenvalue weighted by molar-refractivity contribution is 7.89. The van der Waals surface area contributed by atoms with Gasteiger partial charge in [0.15, 0.2) is 0 Å². The Morgan fingerprint density at radius 3 is 2.03 bits per heavy atom. The van der Waals surface area contributed by atoms with Crippen molar-refractivity contribution in [2.45, 2.75) is 22.9 Å². The van der Waals surface area contributed by atoms with Crippen molar-refractivity contribution in [3.05, 3.63) is 94.0 Å². The molecule has 3 aromatic rings. The second kappa shape index (κ2) is 10.9. The molecule has 3 rings (SSSR count). The maximum absolute atomic E-state index is 13.3. The Morgan fingerprint density at radius 1 is 0.853 bits per heavy atom. The molecular formula is C22H21Cl2N3O5S2. The van der Waals surface area contributed by atoms with Gasteiger partial charge in [-0.25, -0.2) is 22.0 Å². The Kier molecular flexibility index (Phi) is 8.34. The summed E-state index contributed by atoms with van der Waals surface area (Å²) in [4.78, 5) is 12.6. The van der Waals surface area contributed by atoms with E-state index in [0.717, 1.165) is 4.31 Å². The molecule has 0 saturated carbocycles. The summed E-state index contributed by atoms with van der Waals surface area (Å²) in [7, 11) is -7.88. The highest BCUT2D eigenvalue weighted by Crippen LogP contribution is 2.23. The fraction of sp³-hybridized carbons (Fsp3) is 0.136. The number of nitrogens with two attached hydrogens (primary N) is 1.